The monoisotopic (exact) mass is 321 g/mol. The number of hydrogen-bond acceptors (Lipinski definition) is 6. The van der Waals surface area contributed by atoms with E-state index in [1.807, 2.05) is 11.8 Å². The molecule has 1 aromatic rings. The number of nitrogens with zero attached hydrogens (tertiary/aromatic N) is 4. The second-order valence-electron chi connectivity index (χ2n) is 6.77. The lowest BCUT2D eigenvalue weighted by molar-refractivity contribution is -0.139. The molecule has 0 aromatic carbocycles. The average Bonchev–Trinajstić information content (AvgIpc) is 3.23. The summed E-state index contributed by atoms with van der Waals surface area (Å²) in [5.41, 5.74) is 5.68. The minimum Gasteiger partial charge on any atom is -0.339 e. The third kappa shape index (κ3) is 3.26. The van der Waals surface area contributed by atoms with Crippen LogP contribution in [-0.4, -0.2) is 57.6 Å². The quantitative estimate of drug-likeness (QED) is 0.893. The zero-order valence-electron chi connectivity index (χ0n) is 14.1. The van der Waals surface area contributed by atoms with Gasteiger partial charge in [0.15, 0.2) is 5.82 Å². The SMILES string of the molecule is CCc1noc(C(C)N2CCN(C(=O)C3(N)CCCC3)CC2)n1. The van der Waals surface area contributed by atoms with Crippen molar-refractivity contribution in [2.75, 3.05) is 26.2 Å². The third-order valence-electron chi connectivity index (χ3n) is 5.23. The van der Waals surface area contributed by atoms with Crippen molar-refractivity contribution in [2.24, 2.45) is 5.73 Å². The molecule has 2 heterocycles. The standard InChI is InChI=1S/C16H27N5O2/c1-3-13-18-14(23-19-13)12(2)20-8-10-21(11-9-20)15(22)16(17)6-4-5-7-16/h12H,3-11,17H2,1-2H3. The van der Waals surface area contributed by atoms with Crippen molar-refractivity contribution in [3.8, 4) is 0 Å². The number of aryl methyl sites for hydroxylation is 1. The summed E-state index contributed by atoms with van der Waals surface area (Å²) < 4.78 is 5.34. The Bertz CT molecular complexity index is 544. The summed E-state index contributed by atoms with van der Waals surface area (Å²) in [6.45, 7) is 7.15. The zero-order chi connectivity index (χ0) is 16.4. The predicted molar refractivity (Wildman–Crippen MR) is 85.6 cm³/mol. The van der Waals surface area contributed by atoms with Gasteiger partial charge in [0.1, 0.15) is 0 Å². The van der Waals surface area contributed by atoms with E-state index in [4.69, 9.17) is 10.3 Å². The molecule has 7 heteroatoms. The number of hydrogen-bond donors (Lipinski definition) is 1. The molecule has 1 atom stereocenters. The summed E-state index contributed by atoms with van der Waals surface area (Å²) in [6.07, 6.45) is 4.55. The maximum atomic E-state index is 12.7. The fraction of sp³-hybridized carbons (Fsp3) is 0.812. The van der Waals surface area contributed by atoms with Crippen LogP contribution in [0, 0.1) is 0 Å². The number of nitrogens with two attached hydrogens (primary N) is 1. The van der Waals surface area contributed by atoms with Crippen LogP contribution in [0.4, 0.5) is 0 Å². The first-order chi connectivity index (χ1) is 11.0. The van der Waals surface area contributed by atoms with E-state index in [0.717, 1.165) is 64.1 Å². The summed E-state index contributed by atoms with van der Waals surface area (Å²) in [5, 5.41) is 3.96. The van der Waals surface area contributed by atoms with E-state index in [-0.39, 0.29) is 11.9 Å². The van der Waals surface area contributed by atoms with Crippen molar-refractivity contribution in [3.63, 3.8) is 0 Å². The number of amides is 1. The molecule has 1 aliphatic carbocycles. The lowest BCUT2D eigenvalue weighted by Crippen LogP contribution is -2.58. The topological polar surface area (TPSA) is 88.5 Å². The fourth-order valence-electron chi connectivity index (χ4n) is 3.58. The molecule has 3 rings (SSSR count). The lowest BCUT2D eigenvalue weighted by atomic mass is 9.96. The number of carbonyl (C=O) groups is 1. The van der Waals surface area contributed by atoms with Crippen LogP contribution in [-0.2, 0) is 11.2 Å². The largest absolute Gasteiger partial charge is 0.339 e. The van der Waals surface area contributed by atoms with Gasteiger partial charge >= 0.3 is 0 Å². The summed E-state index contributed by atoms with van der Waals surface area (Å²) in [6, 6.07) is 0.0818. The Morgan fingerprint density at radius 2 is 1.96 bits per heavy atom. The summed E-state index contributed by atoms with van der Waals surface area (Å²) in [7, 11) is 0. The molecule has 1 aliphatic heterocycles. The molecule has 0 spiro atoms. The average molecular weight is 321 g/mol. The maximum Gasteiger partial charge on any atom is 0.243 e. The van der Waals surface area contributed by atoms with Gasteiger partial charge in [-0.05, 0) is 19.8 Å². The van der Waals surface area contributed by atoms with Crippen LogP contribution in [0.3, 0.4) is 0 Å². The molecule has 0 radical (unpaired) electrons. The normalized spacial score (nSPS) is 23.2. The molecule has 23 heavy (non-hydrogen) atoms. The van der Waals surface area contributed by atoms with Crippen LogP contribution in [0.1, 0.15) is 57.3 Å². The van der Waals surface area contributed by atoms with Crippen molar-refractivity contribution >= 4 is 5.91 Å². The summed E-state index contributed by atoms with van der Waals surface area (Å²) in [4.78, 5) is 21.3. The van der Waals surface area contributed by atoms with Gasteiger partial charge in [-0.1, -0.05) is 24.9 Å². The molecule has 2 aliphatic rings. The molecule has 1 aromatic heterocycles. The molecule has 2 N–H and O–H groups in total. The Hall–Kier alpha value is -1.47. The maximum absolute atomic E-state index is 12.7. The van der Waals surface area contributed by atoms with Crippen LogP contribution < -0.4 is 5.73 Å². The number of carbonyl (C=O) groups excluding carboxylic acids is 1. The number of aromatic nitrogens is 2. The minimum absolute atomic E-state index is 0.0818. The van der Waals surface area contributed by atoms with Crippen LogP contribution in [0.15, 0.2) is 4.52 Å². The molecular formula is C16H27N5O2. The van der Waals surface area contributed by atoms with Crippen molar-refractivity contribution in [3.05, 3.63) is 11.7 Å². The van der Waals surface area contributed by atoms with E-state index in [2.05, 4.69) is 22.0 Å². The van der Waals surface area contributed by atoms with Crippen LogP contribution in [0.25, 0.3) is 0 Å². The molecule has 0 bridgehead atoms. The molecule has 128 valence electrons. The predicted octanol–water partition coefficient (Wildman–Crippen LogP) is 1.11. The Morgan fingerprint density at radius 1 is 1.30 bits per heavy atom. The van der Waals surface area contributed by atoms with E-state index in [0.29, 0.717) is 5.89 Å². The number of rotatable bonds is 4. The van der Waals surface area contributed by atoms with Gasteiger partial charge in [0.2, 0.25) is 11.8 Å². The van der Waals surface area contributed by atoms with Gasteiger partial charge in [0.25, 0.3) is 0 Å². The van der Waals surface area contributed by atoms with E-state index in [1.54, 1.807) is 0 Å². The van der Waals surface area contributed by atoms with Gasteiger partial charge in [-0.2, -0.15) is 4.98 Å². The highest BCUT2D eigenvalue weighted by molar-refractivity contribution is 5.86. The number of piperazine rings is 1. The highest BCUT2D eigenvalue weighted by Crippen LogP contribution is 2.30. The lowest BCUT2D eigenvalue weighted by Gasteiger charge is -2.39. The van der Waals surface area contributed by atoms with E-state index in [1.165, 1.54) is 0 Å². The first-order valence-electron chi connectivity index (χ1n) is 8.68. The smallest absolute Gasteiger partial charge is 0.243 e. The van der Waals surface area contributed by atoms with Crippen LogP contribution in [0.5, 0.6) is 0 Å². The van der Waals surface area contributed by atoms with Gasteiger partial charge in [0, 0.05) is 32.6 Å². The molecule has 2 fully saturated rings. The van der Waals surface area contributed by atoms with E-state index >= 15 is 0 Å². The molecule has 1 saturated carbocycles. The first-order valence-corrected chi connectivity index (χ1v) is 8.68. The first kappa shape index (κ1) is 16.4. The molecule has 1 unspecified atom stereocenters. The van der Waals surface area contributed by atoms with Gasteiger partial charge in [-0.25, -0.2) is 0 Å². The van der Waals surface area contributed by atoms with Crippen LogP contribution in [0.2, 0.25) is 0 Å². The molecule has 1 amide bonds. The Morgan fingerprint density at radius 3 is 2.52 bits per heavy atom. The molecular weight excluding hydrogens is 294 g/mol. The van der Waals surface area contributed by atoms with Gasteiger partial charge in [-0.3, -0.25) is 9.69 Å². The Labute approximate surface area is 137 Å². The van der Waals surface area contributed by atoms with Crippen molar-refractivity contribution in [1.82, 2.24) is 19.9 Å². The minimum atomic E-state index is -0.615. The third-order valence-corrected chi connectivity index (χ3v) is 5.23. The summed E-state index contributed by atoms with van der Waals surface area (Å²) >= 11 is 0. The second-order valence-corrected chi connectivity index (χ2v) is 6.77. The highest BCUT2D eigenvalue weighted by Gasteiger charge is 2.41. The van der Waals surface area contributed by atoms with E-state index < -0.39 is 5.54 Å². The Balaban J connectivity index is 1.56. The van der Waals surface area contributed by atoms with Crippen molar-refractivity contribution < 1.29 is 9.32 Å². The van der Waals surface area contributed by atoms with Gasteiger partial charge < -0.3 is 15.2 Å². The highest BCUT2D eigenvalue weighted by atomic mass is 16.5. The van der Waals surface area contributed by atoms with Crippen molar-refractivity contribution in [2.45, 2.75) is 57.5 Å². The Kier molecular flexibility index (Phi) is 4.68. The molecule has 1 saturated heterocycles. The van der Waals surface area contributed by atoms with E-state index in [9.17, 15) is 4.79 Å². The second kappa shape index (κ2) is 6.57. The zero-order valence-corrected chi connectivity index (χ0v) is 14.1. The van der Waals surface area contributed by atoms with Crippen molar-refractivity contribution in [1.29, 1.82) is 0 Å². The van der Waals surface area contributed by atoms with Crippen LogP contribution >= 0.6 is 0 Å². The van der Waals surface area contributed by atoms with Gasteiger partial charge in [0.05, 0.1) is 11.6 Å². The summed E-state index contributed by atoms with van der Waals surface area (Å²) in [5.74, 6) is 1.54. The molecule has 7 nitrogen and oxygen atoms in total. The van der Waals surface area contributed by atoms with Gasteiger partial charge in [-0.15, -0.1) is 0 Å². The fourth-order valence-corrected chi connectivity index (χ4v) is 3.58.